The third kappa shape index (κ3) is 7.72. The van der Waals surface area contributed by atoms with Crippen LogP contribution < -0.4 is 15.3 Å². The van der Waals surface area contributed by atoms with Crippen molar-refractivity contribution >= 4 is 41.5 Å². The Balaban J connectivity index is 1.70. The van der Waals surface area contributed by atoms with Gasteiger partial charge in [0.15, 0.2) is 5.82 Å². The van der Waals surface area contributed by atoms with E-state index in [4.69, 9.17) is 29.2 Å². The number of aliphatic hydroxyl groups is 1. The van der Waals surface area contributed by atoms with Gasteiger partial charge in [-0.25, -0.2) is 14.5 Å². The molecule has 3 heterocycles. The van der Waals surface area contributed by atoms with E-state index >= 15 is 0 Å². The minimum atomic E-state index is -4.18. The minimum Gasteiger partial charge on any atom is -0.462 e. The van der Waals surface area contributed by atoms with E-state index in [1.165, 1.54) is 13.1 Å². The first-order chi connectivity index (χ1) is 21.0. The fourth-order valence-corrected chi connectivity index (χ4v) is 6.40. The number of nitrogens with zero attached hydrogens (tertiary/aromatic N) is 4. The van der Waals surface area contributed by atoms with Crippen molar-refractivity contribution in [2.45, 2.75) is 78.4 Å². The number of nitrogens with two attached hydrogens (primary N) is 1. The van der Waals surface area contributed by atoms with Crippen molar-refractivity contribution in [3.05, 3.63) is 54.6 Å². The maximum absolute atomic E-state index is 14.0. The summed E-state index contributed by atoms with van der Waals surface area (Å²) in [6, 6.07) is 9.64. The molecule has 4 rings (SSSR count). The Hall–Kier alpha value is -3.61. The van der Waals surface area contributed by atoms with Gasteiger partial charge in [-0.2, -0.15) is 5.09 Å². The van der Waals surface area contributed by atoms with Crippen LogP contribution in [0.3, 0.4) is 0 Å². The number of rotatable bonds is 16. The number of carbonyl (C=O) groups is 1. The predicted molar refractivity (Wildman–Crippen MR) is 167 cm³/mol. The molecule has 13 nitrogen and oxygen atoms in total. The first-order valence-corrected chi connectivity index (χ1v) is 16.2. The van der Waals surface area contributed by atoms with Crippen molar-refractivity contribution in [3.8, 4) is 5.75 Å². The van der Waals surface area contributed by atoms with Crippen molar-refractivity contribution in [1.29, 1.82) is 0 Å². The second-order valence-corrected chi connectivity index (χ2v) is 12.3. The van der Waals surface area contributed by atoms with Crippen LogP contribution in [0.2, 0.25) is 0 Å². The van der Waals surface area contributed by atoms with Crippen molar-refractivity contribution in [2.24, 2.45) is 0 Å². The monoisotopic (exact) mass is 628 g/mol. The molecule has 14 heteroatoms. The molecular weight excluding hydrogens is 587 g/mol. The van der Waals surface area contributed by atoms with Crippen molar-refractivity contribution in [2.75, 3.05) is 18.9 Å². The predicted octanol–water partition coefficient (Wildman–Crippen LogP) is 5.07. The molecule has 0 saturated carbocycles. The highest BCUT2D eigenvalue weighted by Gasteiger charge is 2.37. The van der Waals surface area contributed by atoms with Gasteiger partial charge >= 0.3 is 13.7 Å². The summed E-state index contributed by atoms with van der Waals surface area (Å²) in [7, 11) is -4.18. The number of nitrogen functional groups attached to an aromatic ring is 1. The lowest BCUT2D eigenvalue weighted by Crippen LogP contribution is -2.38. The number of ether oxygens (including phenoxy) is 2. The van der Waals surface area contributed by atoms with Crippen molar-refractivity contribution in [1.82, 2.24) is 24.6 Å². The van der Waals surface area contributed by atoms with E-state index < -0.39 is 25.5 Å². The summed E-state index contributed by atoms with van der Waals surface area (Å²) in [5, 5.41) is 15.8. The van der Waals surface area contributed by atoms with E-state index in [-0.39, 0.29) is 37.3 Å². The molecule has 0 aliphatic rings. The van der Waals surface area contributed by atoms with E-state index in [9.17, 15) is 14.5 Å². The third-order valence-electron chi connectivity index (χ3n) is 6.77. The van der Waals surface area contributed by atoms with Crippen LogP contribution in [0.5, 0.6) is 5.75 Å². The average Bonchev–Trinajstić information content (AvgIpc) is 3.37. The number of hydrogen-bond donors (Lipinski definition) is 3. The Kier molecular flexibility index (Phi) is 10.9. The molecule has 0 aliphatic carbocycles. The molecule has 0 spiro atoms. The number of aromatic nitrogens is 4. The highest BCUT2D eigenvalue weighted by molar-refractivity contribution is 7.52. The Morgan fingerprint density at radius 3 is 2.59 bits per heavy atom. The van der Waals surface area contributed by atoms with Crippen LogP contribution in [0.25, 0.3) is 21.9 Å². The number of pyridine rings is 2. The largest absolute Gasteiger partial charge is 0.462 e. The lowest BCUT2D eigenvalue weighted by Gasteiger charge is -2.33. The second-order valence-electron chi connectivity index (χ2n) is 10.6. The van der Waals surface area contributed by atoms with Crippen molar-refractivity contribution < 1.29 is 33.0 Å². The maximum atomic E-state index is 14.0. The van der Waals surface area contributed by atoms with Gasteiger partial charge in [0.25, 0.3) is 0 Å². The van der Waals surface area contributed by atoms with Crippen LogP contribution in [0.4, 0.5) is 5.82 Å². The van der Waals surface area contributed by atoms with Crippen LogP contribution in [0.15, 0.2) is 48.8 Å². The smallest absolute Gasteiger partial charge is 0.459 e. The number of carbonyl (C=O) groups excluding carboxylic acids is 1. The van der Waals surface area contributed by atoms with Crippen molar-refractivity contribution in [3.63, 3.8) is 0 Å². The highest BCUT2D eigenvalue weighted by Crippen LogP contribution is 2.46. The first kappa shape index (κ1) is 33.3. The van der Waals surface area contributed by atoms with Crippen LogP contribution in [0, 0.1) is 0 Å². The SMILES string of the molecule is CCCC(O)(CCO[P@@](=O)(N[C@@H](C)C(=O)OC(C)C)Oc1cccnc1)n1c(COCC)nc2c(N)nc3ccccc3c21. The van der Waals surface area contributed by atoms with Gasteiger partial charge in [-0.05, 0) is 52.3 Å². The normalized spacial score (nSPS) is 15.2. The van der Waals surface area contributed by atoms with Crippen LogP contribution >= 0.6 is 7.75 Å². The Labute approximate surface area is 256 Å². The number of hydrogen-bond acceptors (Lipinski definition) is 11. The molecule has 0 saturated heterocycles. The molecule has 0 radical (unpaired) electrons. The third-order valence-corrected chi connectivity index (χ3v) is 8.45. The van der Waals surface area contributed by atoms with Gasteiger partial charge in [0.05, 0.1) is 29.9 Å². The number of imidazole rings is 1. The van der Waals surface area contributed by atoms with Gasteiger partial charge < -0.3 is 24.8 Å². The Bertz CT molecular complexity index is 1620. The number of para-hydroxylation sites is 1. The Morgan fingerprint density at radius 1 is 1.14 bits per heavy atom. The van der Waals surface area contributed by atoms with Gasteiger partial charge in [-0.1, -0.05) is 31.5 Å². The van der Waals surface area contributed by atoms with E-state index in [1.54, 1.807) is 36.7 Å². The fourth-order valence-electron chi connectivity index (χ4n) is 4.92. The van der Waals surface area contributed by atoms with Gasteiger partial charge in [0.2, 0.25) is 0 Å². The van der Waals surface area contributed by atoms with Gasteiger partial charge in [0, 0.05) is 24.6 Å². The molecule has 1 aromatic carbocycles. The summed E-state index contributed by atoms with van der Waals surface area (Å²) in [5.74, 6) is 0.238. The molecule has 238 valence electrons. The molecule has 4 N–H and O–H groups in total. The fraction of sp³-hybridized carbons (Fsp3) is 0.467. The molecule has 0 amide bonds. The number of anilines is 1. The molecule has 1 unspecified atom stereocenters. The Morgan fingerprint density at radius 2 is 1.91 bits per heavy atom. The minimum absolute atomic E-state index is 0.0190. The lowest BCUT2D eigenvalue weighted by molar-refractivity contribution is -0.149. The molecule has 3 aromatic heterocycles. The first-order valence-electron chi connectivity index (χ1n) is 14.7. The van der Waals surface area contributed by atoms with Crippen LogP contribution in [-0.4, -0.2) is 56.0 Å². The average molecular weight is 629 g/mol. The summed E-state index contributed by atoms with van der Waals surface area (Å²) < 4.78 is 38.3. The number of fused-ring (bicyclic) bond motifs is 3. The topological polar surface area (TPSA) is 173 Å². The highest BCUT2D eigenvalue weighted by atomic mass is 31.2. The number of nitrogens with one attached hydrogen (secondary N) is 1. The van der Waals surface area contributed by atoms with E-state index in [0.29, 0.717) is 41.8 Å². The maximum Gasteiger partial charge on any atom is 0.459 e. The lowest BCUT2D eigenvalue weighted by atomic mass is 10.0. The zero-order chi connectivity index (χ0) is 31.9. The summed E-state index contributed by atoms with van der Waals surface area (Å²) in [6.45, 7) is 9.08. The standard InChI is InChI=1S/C30H41N6O7P/c1-6-14-30(38,36-25(19-40-7-2)34-26-27(36)23-12-8-9-13-24(23)33-28(26)31)15-17-41-44(39,43-22-11-10-16-32-18-22)35-21(5)29(37)42-20(3)4/h8-13,16,18,20-21,38H,6-7,14-15,17,19H2,1-5H3,(H2,31,33)(H,35,39)/t21-,30?,44-/m0/s1. The summed E-state index contributed by atoms with van der Waals surface area (Å²) in [5.41, 5.74) is 6.48. The van der Waals surface area contributed by atoms with E-state index in [2.05, 4.69) is 15.1 Å². The van der Waals surface area contributed by atoms with Crippen LogP contribution in [0.1, 0.15) is 59.7 Å². The van der Waals surface area contributed by atoms with E-state index in [0.717, 1.165) is 5.39 Å². The van der Waals surface area contributed by atoms with Gasteiger partial charge in [-0.15, -0.1) is 0 Å². The molecule has 0 aliphatic heterocycles. The number of esters is 1. The van der Waals surface area contributed by atoms with Crippen LogP contribution in [-0.2, 0) is 35.7 Å². The van der Waals surface area contributed by atoms with E-state index in [1.807, 2.05) is 38.1 Å². The van der Waals surface area contributed by atoms with Gasteiger partial charge in [0.1, 0.15) is 35.5 Å². The summed E-state index contributed by atoms with van der Waals surface area (Å²) in [6.07, 6.45) is 3.43. The molecular formula is C30H41N6O7P. The molecule has 4 aromatic rings. The second kappa shape index (κ2) is 14.4. The van der Waals surface area contributed by atoms with Gasteiger partial charge in [-0.3, -0.25) is 18.9 Å². The summed E-state index contributed by atoms with van der Waals surface area (Å²) >= 11 is 0. The zero-order valence-electron chi connectivity index (χ0n) is 25.7. The number of benzene rings is 1. The summed E-state index contributed by atoms with van der Waals surface area (Å²) in [4.78, 5) is 25.8. The molecule has 44 heavy (non-hydrogen) atoms. The molecule has 3 atom stereocenters. The quantitative estimate of drug-likeness (QED) is 0.111. The zero-order valence-corrected chi connectivity index (χ0v) is 26.6. The molecule has 0 fully saturated rings. The molecule has 0 bridgehead atoms.